The lowest BCUT2D eigenvalue weighted by atomic mass is 9.38. The average molecular weight is 621 g/mol. The molecule has 0 unspecified atom stereocenters. The highest BCUT2D eigenvalue weighted by Crippen LogP contribution is 2.69. The molecule has 11 nitrogen and oxygen atoms in total. The maximum atomic E-state index is 13.7. The molecule has 0 amide bonds. The lowest BCUT2D eigenvalue weighted by Crippen LogP contribution is -2.82. The number of carbonyl (C=O) groups is 4. The van der Waals surface area contributed by atoms with Crippen LogP contribution >= 0.6 is 0 Å². The molecule has 11 heteroatoms. The normalized spacial score (nSPS) is 40.1. The first-order valence-corrected chi connectivity index (χ1v) is 15.0. The molecular formula is C34H36O11. The van der Waals surface area contributed by atoms with Crippen molar-refractivity contribution in [1.29, 1.82) is 0 Å². The van der Waals surface area contributed by atoms with Gasteiger partial charge in [0.25, 0.3) is 0 Å². The van der Waals surface area contributed by atoms with Gasteiger partial charge in [-0.25, -0.2) is 14.4 Å². The van der Waals surface area contributed by atoms with Gasteiger partial charge in [0.15, 0.2) is 6.10 Å². The smallest absolute Gasteiger partial charge is 0.338 e. The highest BCUT2D eigenvalue weighted by molar-refractivity contribution is 5.91. The van der Waals surface area contributed by atoms with Gasteiger partial charge in [0.2, 0.25) is 5.79 Å². The lowest BCUT2D eigenvalue weighted by Gasteiger charge is -2.69. The summed E-state index contributed by atoms with van der Waals surface area (Å²) in [7, 11) is 0. The van der Waals surface area contributed by atoms with Crippen molar-refractivity contribution in [1.82, 2.24) is 0 Å². The van der Waals surface area contributed by atoms with Crippen molar-refractivity contribution >= 4 is 23.9 Å². The standard InChI is InChI=1S/C34H36O11/c1-18-21-16-24(36)45-33(21,41)17-22-25(18)26(43-28(37)19-10-6-4-7-11-19)27(44-29(38)20-12-8-5-9-13-20)34(42)31(22,2)15-14-23(35)32(34,3)30(39)40/h4-13,16,18,22-23,25-27,35,41-42H,14-15,17H2,1-3H3,(H,39,40)/t18-,22-,23+,25-,26+,27+,31-,32-,33-,34+/m1/s1. The van der Waals surface area contributed by atoms with Gasteiger partial charge in [-0.05, 0) is 55.9 Å². The van der Waals surface area contributed by atoms with Crippen LogP contribution in [0.3, 0.4) is 0 Å². The molecule has 0 bridgehead atoms. The maximum Gasteiger partial charge on any atom is 0.338 e. The van der Waals surface area contributed by atoms with E-state index in [4.69, 9.17) is 14.2 Å². The van der Waals surface area contributed by atoms with Crippen molar-refractivity contribution < 1.29 is 53.8 Å². The Kier molecular flexibility index (Phi) is 7.22. The molecule has 0 saturated heterocycles. The monoisotopic (exact) mass is 620 g/mol. The summed E-state index contributed by atoms with van der Waals surface area (Å²) in [5.74, 6) is -8.41. The largest absolute Gasteiger partial charge is 0.481 e. The Morgan fingerprint density at radius 3 is 2.02 bits per heavy atom. The molecule has 3 fully saturated rings. The fraction of sp³-hybridized carbons (Fsp3) is 0.471. The summed E-state index contributed by atoms with van der Waals surface area (Å²) in [6, 6.07) is 15.9. The molecule has 0 radical (unpaired) electrons. The van der Waals surface area contributed by atoms with Crippen molar-refractivity contribution in [2.24, 2.45) is 28.6 Å². The summed E-state index contributed by atoms with van der Waals surface area (Å²) in [4.78, 5) is 53.0. The number of aliphatic hydroxyl groups is 3. The second kappa shape index (κ2) is 10.5. The lowest BCUT2D eigenvalue weighted by molar-refractivity contribution is -0.339. The van der Waals surface area contributed by atoms with Crippen LogP contribution in [-0.4, -0.2) is 74.0 Å². The molecule has 45 heavy (non-hydrogen) atoms. The number of aliphatic carboxylic acids is 1. The fourth-order valence-electron chi connectivity index (χ4n) is 8.71. The van der Waals surface area contributed by atoms with Gasteiger partial charge in [-0.15, -0.1) is 0 Å². The minimum absolute atomic E-state index is 0.0338. The van der Waals surface area contributed by atoms with E-state index >= 15 is 0 Å². The molecule has 6 rings (SSSR count). The number of carboxylic acid groups (broad SMARTS) is 1. The van der Waals surface area contributed by atoms with Gasteiger partial charge < -0.3 is 34.6 Å². The molecule has 2 aromatic rings. The van der Waals surface area contributed by atoms with Crippen molar-refractivity contribution in [2.75, 3.05) is 0 Å². The highest BCUT2D eigenvalue weighted by atomic mass is 16.7. The summed E-state index contributed by atoms with van der Waals surface area (Å²) in [6.07, 6.45) is -3.89. The SMILES string of the molecule is C[C@@H]1C2=CC(=O)O[C@]2(O)C[C@@H]2[C@@H]1[C@H](OC(=O)c1ccccc1)[C@H](OC(=O)c1ccccc1)[C@@]1(O)[C@@](C)(C(=O)O)[C@@H](O)CC[C@]21C. The molecule has 0 spiro atoms. The zero-order chi connectivity index (χ0) is 32.5. The van der Waals surface area contributed by atoms with E-state index in [1.54, 1.807) is 50.2 Å². The van der Waals surface area contributed by atoms with Crippen LogP contribution < -0.4 is 0 Å². The number of esters is 3. The van der Waals surface area contributed by atoms with Crippen molar-refractivity contribution in [3.05, 3.63) is 83.4 Å². The molecule has 0 aromatic heterocycles. The number of rotatable bonds is 5. The molecule has 1 aliphatic heterocycles. The number of benzene rings is 2. The van der Waals surface area contributed by atoms with Gasteiger partial charge in [0.1, 0.15) is 17.1 Å². The van der Waals surface area contributed by atoms with Gasteiger partial charge in [0, 0.05) is 29.4 Å². The van der Waals surface area contributed by atoms with Crippen LogP contribution in [0.5, 0.6) is 0 Å². The van der Waals surface area contributed by atoms with Gasteiger partial charge >= 0.3 is 23.9 Å². The molecule has 2 aromatic carbocycles. The summed E-state index contributed by atoms with van der Waals surface area (Å²) >= 11 is 0. The van der Waals surface area contributed by atoms with Crippen molar-refractivity contribution in [3.8, 4) is 0 Å². The zero-order valence-electron chi connectivity index (χ0n) is 25.1. The third kappa shape index (κ3) is 4.28. The average Bonchev–Trinajstić information content (AvgIpc) is 3.34. The first-order valence-electron chi connectivity index (χ1n) is 15.0. The van der Waals surface area contributed by atoms with Gasteiger partial charge in [-0.3, -0.25) is 4.79 Å². The quantitative estimate of drug-likeness (QED) is 0.286. The minimum Gasteiger partial charge on any atom is -0.481 e. The van der Waals surface area contributed by atoms with Gasteiger partial charge in [0.05, 0.1) is 17.2 Å². The number of fused-ring (bicyclic) bond motifs is 4. The summed E-state index contributed by atoms with van der Waals surface area (Å²) in [6.45, 7) is 4.55. The van der Waals surface area contributed by atoms with E-state index in [1.165, 1.54) is 37.3 Å². The van der Waals surface area contributed by atoms with E-state index in [2.05, 4.69) is 0 Å². The van der Waals surface area contributed by atoms with Crippen LogP contribution in [0.4, 0.5) is 0 Å². The second-order valence-electron chi connectivity index (χ2n) is 13.2. The first kappa shape index (κ1) is 30.9. The zero-order valence-corrected chi connectivity index (χ0v) is 25.1. The summed E-state index contributed by atoms with van der Waals surface area (Å²) in [5, 5.41) is 46.7. The number of ether oxygens (including phenoxy) is 3. The van der Waals surface area contributed by atoms with Crippen LogP contribution in [0.1, 0.15) is 60.7 Å². The van der Waals surface area contributed by atoms with E-state index < -0.39 is 82.2 Å². The molecule has 3 aliphatic carbocycles. The molecule has 1 heterocycles. The Bertz CT molecular complexity index is 1570. The minimum atomic E-state index is -2.56. The predicted molar refractivity (Wildman–Crippen MR) is 155 cm³/mol. The first-order chi connectivity index (χ1) is 21.2. The van der Waals surface area contributed by atoms with Crippen LogP contribution in [0, 0.1) is 28.6 Å². The van der Waals surface area contributed by atoms with E-state index in [0.717, 1.165) is 0 Å². The molecule has 4 N–H and O–H groups in total. The number of carboxylic acids is 1. The van der Waals surface area contributed by atoms with Crippen LogP contribution in [0.25, 0.3) is 0 Å². The van der Waals surface area contributed by atoms with E-state index in [0.29, 0.717) is 0 Å². The maximum absolute atomic E-state index is 13.7. The Morgan fingerprint density at radius 2 is 1.47 bits per heavy atom. The van der Waals surface area contributed by atoms with Crippen molar-refractivity contribution in [3.63, 3.8) is 0 Å². The predicted octanol–water partition coefficient (Wildman–Crippen LogP) is 2.88. The number of hydrogen-bond donors (Lipinski definition) is 4. The number of hydrogen-bond acceptors (Lipinski definition) is 10. The van der Waals surface area contributed by atoms with E-state index in [-0.39, 0.29) is 36.0 Å². The van der Waals surface area contributed by atoms with Crippen LogP contribution in [0.15, 0.2) is 72.3 Å². The topological polar surface area (TPSA) is 177 Å². The van der Waals surface area contributed by atoms with E-state index in [1.807, 2.05) is 0 Å². The Morgan fingerprint density at radius 1 is 0.911 bits per heavy atom. The molecule has 3 saturated carbocycles. The summed E-state index contributed by atoms with van der Waals surface area (Å²) < 4.78 is 17.6. The molecule has 238 valence electrons. The Labute approximate surface area is 259 Å². The van der Waals surface area contributed by atoms with Crippen molar-refractivity contribution in [2.45, 2.75) is 69.7 Å². The highest BCUT2D eigenvalue weighted by Gasteiger charge is 2.80. The molecule has 4 aliphatic rings. The Hall–Kier alpha value is -4.06. The second-order valence-corrected chi connectivity index (χ2v) is 13.2. The van der Waals surface area contributed by atoms with Crippen LogP contribution in [0.2, 0.25) is 0 Å². The molecular weight excluding hydrogens is 584 g/mol. The Balaban J connectivity index is 1.59. The van der Waals surface area contributed by atoms with Gasteiger partial charge in [-0.2, -0.15) is 0 Å². The number of aliphatic hydroxyl groups excluding tert-OH is 1. The van der Waals surface area contributed by atoms with Crippen LogP contribution in [-0.2, 0) is 23.8 Å². The third-order valence-corrected chi connectivity index (χ3v) is 11.1. The number of carbonyl (C=O) groups excluding carboxylic acids is 3. The van der Waals surface area contributed by atoms with E-state index in [9.17, 15) is 39.6 Å². The third-order valence-electron chi connectivity index (χ3n) is 11.1. The van der Waals surface area contributed by atoms with Gasteiger partial charge in [-0.1, -0.05) is 50.2 Å². The fourth-order valence-corrected chi connectivity index (χ4v) is 8.71. The molecule has 10 atom stereocenters. The summed E-state index contributed by atoms with van der Waals surface area (Å²) in [5.41, 5.74) is -5.85.